The fraction of sp³-hybridized carbons (Fsp3) is 0.250. The number of methoxy groups -OCH3 is 1. The van der Waals surface area contributed by atoms with Gasteiger partial charge in [0.1, 0.15) is 6.61 Å². The highest BCUT2D eigenvalue weighted by atomic mass is 79.9. The Morgan fingerprint density at radius 1 is 1.00 bits per heavy atom. The van der Waals surface area contributed by atoms with Crippen LogP contribution in [0.5, 0.6) is 11.5 Å². The second kappa shape index (κ2) is 10.7. The molecule has 3 aromatic carbocycles. The van der Waals surface area contributed by atoms with Gasteiger partial charge in [-0.2, -0.15) is 0 Å². The molecule has 3 rings (SSSR count). The summed E-state index contributed by atoms with van der Waals surface area (Å²) >= 11 is 9.57. The first-order chi connectivity index (χ1) is 14.1. The monoisotopic (exact) mass is 473 g/mol. The lowest BCUT2D eigenvalue weighted by Crippen LogP contribution is -2.16. The van der Waals surface area contributed by atoms with Crippen LogP contribution >= 0.6 is 27.5 Å². The van der Waals surface area contributed by atoms with E-state index < -0.39 is 0 Å². The summed E-state index contributed by atoms with van der Waals surface area (Å²) in [4.78, 5) is 0. The predicted molar refractivity (Wildman–Crippen MR) is 123 cm³/mol. The molecule has 0 aromatic heterocycles. The van der Waals surface area contributed by atoms with Gasteiger partial charge in [0.15, 0.2) is 11.5 Å². The van der Waals surface area contributed by atoms with Gasteiger partial charge in [-0.15, -0.1) is 0 Å². The van der Waals surface area contributed by atoms with E-state index >= 15 is 0 Å². The van der Waals surface area contributed by atoms with E-state index in [1.54, 1.807) is 7.11 Å². The minimum Gasteiger partial charge on any atom is -0.493 e. The molecule has 0 bridgehead atoms. The smallest absolute Gasteiger partial charge is 0.175 e. The van der Waals surface area contributed by atoms with Gasteiger partial charge in [0.05, 0.1) is 11.6 Å². The summed E-state index contributed by atoms with van der Waals surface area (Å²) in [7, 11) is 1.67. The molecule has 29 heavy (non-hydrogen) atoms. The Morgan fingerprint density at radius 3 is 2.48 bits per heavy atom. The van der Waals surface area contributed by atoms with Crippen molar-refractivity contribution in [1.29, 1.82) is 0 Å². The van der Waals surface area contributed by atoms with Crippen LogP contribution in [-0.2, 0) is 19.6 Å². The van der Waals surface area contributed by atoms with Gasteiger partial charge in [-0.3, -0.25) is 0 Å². The van der Waals surface area contributed by atoms with Crippen LogP contribution in [0.15, 0.2) is 65.1 Å². The van der Waals surface area contributed by atoms with Crippen molar-refractivity contribution in [2.24, 2.45) is 0 Å². The molecular formula is C24H25BrClNO2. The zero-order chi connectivity index (χ0) is 20.6. The van der Waals surface area contributed by atoms with Crippen molar-refractivity contribution in [3.05, 3.63) is 92.4 Å². The summed E-state index contributed by atoms with van der Waals surface area (Å²) in [6.45, 7) is 4.22. The molecule has 0 aliphatic rings. The molecule has 0 radical (unpaired) electrons. The van der Waals surface area contributed by atoms with Crippen LogP contribution in [0, 0.1) is 6.92 Å². The van der Waals surface area contributed by atoms with Crippen molar-refractivity contribution >= 4 is 27.5 Å². The zero-order valence-corrected chi connectivity index (χ0v) is 19.0. The van der Waals surface area contributed by atoms with E-state index in [-0.39, 0.29) is 0 Å². The molecule has 0 spiro atoms. The van der Waals surface area contributed by atoms with Crippen molar-refractivity contribution in [2.45, 2.75) is 26.5 Å². The molecule has 152 valence electrons. The fourth-order valence-electron chi connectivity index (χ4n) is 3.05. The number of rotatable bonds is 9. The number of hydrogen-bond donors (Lipinski definition) is 1. The number of nitrogens with one attached hydrogen (secondary N) is 1. The highest BCUT2D eigenvalue weighted by Gasteiger charge is 2.12. The van der Waals surface area contributed by atoms with Gasteiger partial charge in [0.25, 0.3) is 0 Å². The van der Waals surface area contributed by atoms with E-state index in [9.17, 15) is 0 Å². The third kappa shape index (κ3) is 6.23. The van der Waals surface area contributed by atoms with Crippen LogP contribution in [0.2, 0.25) is 5.02 Å². The van der Waals surface area contributed by atoms with Crippen LogP contribution in [-0.4, -0.2) is 13.7 Å². The molecule has 0 atom stereocenters. The van der Waals surface area contributed by atoms with E-state index in [4.69, 9.17) is 21.1 Å². The van der Waals surface area contributed by atoms with Crippen LogP contribution < -0.4 is 14.8 Å². The second-order valence-electron chi connectivity index (χ2n) is 6.88. The third-order valence-electron chi connectivity index (χ3n) is 4.76. The molecular weight excluding hydrogens is 450 g/mol. The molecule has 5 heteroatoms. The van der Waals surface area contributed by atoms with Gasteiger partial charge in [0, 0.05) is 11.6 Å². The molecule has 0 fully saturated rings. The van der Waals surface area contributed by atoms with Crippen molar-refractivity contribution < 1.29 is 9.47 Å². The van der Waals surface area contributed by atoms with Gasteiger partial charge >= 0.3 is 0 Å². The van der Waals surface area contributed by atoms with Gasteiger partial charge in [-0.05, 0) is 82.3 Å². The Balaban J connectivity index is 1.58. The Kier molecular flexibility index (Phi) is 7.99. The van der Waals surface area contributed by atoms with E-state index in [0.717, 1.165) is 51.6 Å². The van der Waals surface area contributed by atoms with E-state index in [1.807, 2.05) is 30.3 Å². The number of ether oxygens (including phenoxy) is 2. The molecule has 0 saturated carbocycles. The summed E-state index contributed by atoms with van der Waals surface area (Å²) in [5.74, 6) is 1.45. The molecule has 3 nitrogen and oxygen atoms in total. The highest BCUT2D eigenvalue weighted by Crippen LogP contribution is 2.37. The van der Waals surface area contributed by atoms with Gasteiger partial charge in [-0.25, -0.2) is 0 Å². The maximum absolute atomic E-state index is 6.07. The highest BCUT2D eigenvalue weighted by molar-refractivity contribution is 9.10. The first kappa shape index (κ1) is 21.7. The minimum absolute atomic E-state index is 0.500. The zero-order valence-electron chi connectivity index (χ0n) is 16.7. The van der Waals surface area contributed by atoms with Crippen LogP contribution in [0.1, 0.15) is 22.3 Å². The lowest BCUT2D eigenvalue weighted by Gasteiger charge is -2.15. The summed E-state index contributed by atoms with van der Waals surface area (Å²) in [5.41, 5.74) is 4.77. The molecule has 1 N–H and O–H groups in total. The van der Waals surface area contributed by atoms with E-state index in [2.05, 4.69) is 58.5 Å². The van der Waals surface area contributed by atoms with Crippen molar-refractivity contribution in [1.82, 2.24) is 5.32 Å². The van der Waals surface area contributed by atoms with Gasteiger partial charge < -0.3 is 14.8 Å². The van der Waals surface area contributed by atoms with Crippen LogP contribution in [0.25, 0.3) is 0 Å². The topological polar surface area (TPSA) is 30.5 Å². The number of benzene rings is 3. The number of hydrogen-bond acceptors (Lipinski definition) is 3. The summed E-state index contributed by atoms with van der Waals surface area (Å²) in [5, 5.41) is 4.24. The maximum atomic E-state index is 6.07. The Labute approximate surface area is 186 Å². The average molecular weight is 475 g/mol. The Hall–Kier alpha value is -2.01. The van der Waals surface area contributed by atoms with Crippen molar-refractivity contribution in [2.75, 3.05) is 13.7 Å². The normalized spacial score (nSPS) is 10.8. The van der Waals surface area contributed by atoms with Crippen LogP contribution in [0.4, 0.5) is 0 Å². The molecule has 0 unspecified atom stereocenters. The Bertz CT molecular complexity index is 944. The third-order valence-corrected chi connectivity index (χ3v) is 5.60. The molecule has 0 aliphatic carbocycles. The molecule has 0 saturated heterocycles. The fourth-order valence-corrected chi connectivity index (χ4v) is 3.78. The Morgan fingerprint density at radius 2 is 1.76 bits per heavy atom. The first-order valence-corrected chi connectivity index (χ1v) is 10.7. The summed E-state index contributed by atoms with van der Waals surface area (Å²) in [6, 6.07) is 20.3. The number of halogens is 2. The number of aryl methyl sites for hydroxylation is 1. The molecule has 0 heterocycles. The summed E-state index contributed by atoms with van der Waals surface area (Å²) < 4.78 is 12.5. The van der Waals surface area contributed by atoms with Crippen molar-refractivity contribution in [3.8, 4) is 11.5 Å². The lowest BCUT2D eigenvalue weighted by atomic mass is 10.1. The molecule has 0 aliphatic heterocycles. The van der Waals surface area contributed by atoms with Gasteiger partial charge in [-0.1, -0.05) is 48.0 Å². The maximum Gasteiger partial charge on any atom is 0.175 e. The summed E-state index contributed by atoms with van der Waals surface area (Å²) in [6.07, 6.45) is 0.951. The minimum atomic E-state index is 0.500. The van der Waals surface area contributed by atoms with E-state index in [0.29, 0.717) is 6.61 Å². The quantitative estimate of drug-likeness (QED) is 0.368. The standard InChI is InChI=1S/C24H25BrClNO2/c1-17-5-3-4-6-20(17)16-29-24-22(25)13-19(14-23(24)28-2)15-27-12-11-18-7-9-21(26)10-8-18/h3-10,13-14,27H,11-12,15-16H2,1-2H3. The second-order valence-corrected chi connectivity index (χ2v) is 8.17. The lowest BCUT2D eigenvalue weighted by molar-refractivity contribution is 0.281. The van der Waals surface area contributed by atoms with Crippen LogP contribution in [0.3, 0.4) is 0 Å². The molecule has 3 aromatic rings. The SMILES string of the molecule is COc1cc(CNCCc2ccc(Cl)cc2)cc(Br)c1OCc1ccccc1C. The van der Waals surface area contributed by atoms with Gasteiger partial charge in [0.2, 0.25) is 0 Å². The molecule has 0 amide bonds. The first-order valence-electron chi connectivity index (χ1n) is 9.55. The van der Waals surface area contributed by atoms with E-state index in [1.165, 1.54) is 11.1 Å². The average Bonchev–Trinajstić information content (AvgIpc) is 2.72. The predicted octanol–water partition coefficient (Wildman–Crippen LogP) is 6.33. The largest absolute Gasteiger partial charge is 0.493 e. The van der Waals surface area contributed by atoms with Crippen molar-refractivity contribution in [3.63, 3.8) is 0 Å².